The molecule has 1 heterocycles. The Balaban J connectivity index is 3.22. The Hall–Kier alpha value is -1.19. The maximum atomic E-state index is 4.27. The third kappa shape index (κ3) is 2.14. The molecule has 0 aromatic carbocycles. The molecule has 0 fully saturated rings. The Bertz CT molecular complexity index is 301. The van der Waals surface area contributed by atoms with Gasteiger partial charge in [0.25, 0.3) is 0 Å². The minimum Gasteiger partial charge on any atom is -0.371 e. The first-order chi connectivity index (χ1) is 5.95. The van der Waals surface area contributed by atoms with Gasteiger partial charge in [-0.15, -0.1) is 10.2 Å². The van der Waals surface area contributed by atoms with Crippen LogP contribution in [0.3, 0.4) is 0 Å². The summed E-state index contributed by atoms with van der Waals surface area (Å²) in [7, 11) is 1.85. The summed E-state index contributed by atoms with van der Waals surface area (Å²) in [5.74, 6) is 1.51. The summed E-state index contributed by atoms with van der Waals surface area (Å²) in [5, 5.41) is 11.1. The zero-order valence-electron chi connectivity index (χ0n) is 8.84. The fourth-order valence-electron chi connectivity index (χ4n) is 1.09. The lowest BCUT2D eigenvalue weighted by Gasteiger charge is -2.19. The van der Waals surface area contributed by atoms with Gasteiger partial charge in [-0.05, 0) is 6.92 Å². The van der Waals surface area contributed by atoms with Crippen LogP contribution in [0.4, 0.5) is 5.82 Å². The highest BCUT2D eigenvalue weighted by molar-refractivity contribution is 5.42. The van der Waals surface area contributed by atoms with Crippen LogP contribution in [0.15, 0.2) is 0 Å². The van der Waals surface area contributed by atoms with Crippen molar-refractivity contribution in [3.8, 4) is 0 Å². The van der Waals surface area contributed by atoms with Crippen LogP contribution in [0.1, 0.15) is 32.3 Å². The van der Waals surface area contributed by atoms with Gasteiger partial charge in [-0.3, -0.25) is 0 Å². The first kappa shape index (κ1) is 9.89. The minimum absolute atomic E-state index is 0.0218. The first-order valence-electron chi connectivity index (χ1n) is 4.34. The lowest BCUT2D eigenvalue weighted by atomic mass is 9.92. The Morgan fingerprint density at radius 1 is 1.15 bits per heavy atom. The summed E-state index contributed by atoms with van der Waals surface area (Å²) in [6, 6.07) is 0. The summed E-state index contributed by atoms with van der Waals surface area (Å²) < 4.78 is 0. The number of rotatable bonds is 1. The molecule has 4 heteroatoms. The Labute approximate surface area is 78.8 Å². The molecule has 0 bridgehead atoms. The average molecular weight is 180 g/mol. The van der Waals surface area contributed by atoms with Gasteiger partial charge in [-0.25, -0.2) is 4.98 Å². The molecule has 13 heavy (non-hydrogen) atoms. The van der Waals surface area contributed by atoms with E-state index in [-0.39, 0.29) is 5.41 Å². The molecule has 0 saturated heterocycles. The highest BCUT2D eigenvalue weighted by atomic mass is 15.2. The molecule has 0 saturated carbocycles. The highest BCUT2D eigenvalue weighted by Gasteiger charge is 2.21. The molecule has 0 aliphatic rings. The monoisotopic (exact) mass is 180 g/mol. The van der Waals surface area contributed by atoms with Crippen LogP contribution in [-0.4, -0.2) is 22.2 Å². The Kier molecular flexibility index (Phi) is 2.50. The van der Waals surface area contributed by atoms with E-state index in [9.17, 15) is 0 Å². The van der Waals surface area contributed by atoms with Crippen molar-refractivity contribution in [3.63, 3.8) is 0 Å². The molecule has 0 radical (unpaired) electrons. The van der Waals surface area contributed by atoms with Crippen molar-refractivity contribution in [2.24, 2.45) is 0 Å². The van der Waals surface area contributed by atoms with Gasteiger partial charge in [-0.2, -0.15) is 0 Å². The Morgan fingerprint density at radius 3 is 2.23 bits per heavy atom. The molecular formula is C9H16N4. The van der Waals surface area contributed by atoms with Crippen molar-refractivity contribution in [1.29, 1.82) is 0 Å². The second-order valence-electron chi connectivity index (χ2n) is 4.06. The van der Waals surface area contributed by atoms with Crippen molar-refractivity contribution >= 4 is 5.82 Å². The summed E-state index contributed by atoms with van der Waals surface area (Å²) >= 11 is 0. The van der Waals surface area contributed by atoms with Crippen molar-refractivity contribution in [3.05, 3.63) is 11.5 Å². The quantitative estimate of drug-likeness (QED) is 0.712. The van der Waals surface area contributed by atoms with Gasteiger partial charge < -0.3 is 5.32 Å². The van der Waals surface area contributed by atoms with Gasteiger partial charge in [0.15, 0.2) is 5.82 Å². The first-order valence-corrected chi connectivity index (χ1v) is 4.34. The van der Waals surface area contributed by atoms with Crippen LogP contribution in [0, 0.1) is 6.92 Å². The number of anilines is 1. The fourth-order valence-corrected chi connectivity index (χ4v) is 1.09. The minimum atomic E-state index is -0.0218. The van der Waals surface area contributed by atoms with Gasteiger partial charge in [0.05, 0.1) is 0 Å². The average Bonchev–Trinajstić information content (AvgIpc) is 2.01. The summed E-state index contributed by atoms with van der Waals surface area (Å²) in [6.07, 6.45) is 0. The standard InChI is InChI=1S/C9H16N4/c1-6-11-8(10-5)7(13-12-6)9(2,3)4/h1-5H3,(H,10,11,12). The maximum absolute atomic E-state index is 4.27. The zero-order chi connectivity index (χ0) is 10.1. The van der Waals surface area contributed by atoms with Crippen molar-refractivity contribution in [2.75, 3.05) is 12.4 Å². The SMILES string of the molecule is CNc1nc(C)nnc1C(C)(C)C. The molecule has 1 aromatic rings. The van der Waals surface area contributed by atoms with E-state index < -0.39 is 0 Å². The number of nitrogens with zero attached hydrogens (tertiary/aromatic N) is 3. The van der Waals surface area contributed by atoms with E-state index in [1.807, 2.05) is 14.0 Å². The van der Waals surface area contributed by atoms with Crippen LogP contribution in [0.25, 0.3) is 0 Å². The fraction of sp³-hybridized carbons (Fsp3) is 0.667. The van der Waals surface area contributed by atoms with Gasteiger partial charge in [-0.1, -0.05) is 20.8 Å². The van der Waals surface area contributed by atoms with E-state index in [4.69, 9.17) is 0 Å². The molecule has 1 N–H and O–H groups in total. The van der Waals surface area contributed by atoms with Gasteiger partial charge >= 0.3 is 0 Å². The molecule has 0 amide bonds. The summed E-state index contributed by atoms with van der Waals surface area (Å²) in [4.78, 5) is 4.27. The van der Waals surface area contributed by atoms with Gasteiger partial charge in [0.2, 0.25) is 0 Å². The van der Waals surface area contributed by atoms with Gasteiger partial charge in [0, 0.05) is 12.5 Å². The topological polar surface area (TPSA) is 50.7 Å². The lowest BCUT2D eigenvalue weighted by Crippen LogP contribution is -2.18. The number of nitrogens with one attached hydrogen (secondary N) is 1. The van der Waals surface area contributed by atoms with Crippen LogP contribution in [-0.2, 0) is 5.41 Å². The lowest BCUT2D eigenvalue weighted by molar-refractivity contribution is 0.554. The molecular weight excluding hydrogens is 164 g/mol. The Morgan fingerprint density at radius 2 is 1.77 bits per heavy atom. The summed E-state index contributed by atoms with van der Waals surface area (Å²) in [5.41, 5.74) is 0.882. The van der Waals surface area contributed by atoms with E-state index in [2.05, 4.69) is 41.3 Å². The predicted molar refractivity (Wildman–Crippen MR) is 52.8 cm³/mol. The summed E-state index contributed by atoms with van der Waals surface area (Å²) in [6.45, 7) is 8.11. The van der Waals surface area contributed by atoms with Crippen molar-refractivity contribution in [2.45, 2.75) is 33.1 Å². The third-order valence-electron chi connectivity index (χ3n) is 1.74. The molecule has 0 aliphatic heterocycles. The van der Waals surface area contributed by atoms with Crippen LogP contribution < -0.4 is 5.32 Å². The van der Waals surface area contributed by atoms with E-state index in [0.717, 1.165) is 11.5 Å². The van der Waals surface area contributed by atoms with E-state index in [1.165, 1.54) is 0 Å². The number of aromatic nitrogens is 3. The maximum Gasteiger partial charge on any atom is 0.152 e. The van der Waals surface area contributed by atoms with E-state index in [1.54, 1.807) is 0 Å². The molecule has 1 aromatic heterocycles. The molecule has 4 nitrogen and oxygen atoms in total. The normalized spacial score (nSPS) is 11.5. The predicted octanol–water partition coefficient (Wildman–Crippen LogP) is 1.52. The highest BCUT2D eigenvalue weighted by Crippen LogP contribution is 2.24. The largest absolute Gasteiger partial charge is 0.371 e. The van der Waals surface area contributed by atoms with Crippen LogP contribution in [0.2, 0.25) is 0 Å². The van der Waals surface area contributed by atoms with Gasteiger partial charge in [0.1, 0.15) is 11.5 Å². The number of hydrogen-bond acceptors (Lipinski definition) is 4. The molecule has 0 atom stereocenters. The number of hydrogen-bond donors (Lipinski definition) is 1. The zero-order valence-corrected chi connectivity index (χ0v) is 8.84. The molecule has 0 spiro atoms. The van der Waals surface area contributed by atoms with Crippen LogP contribution >= 0.6 is 0 Å². The van der Waals surface area contributed by atoms with E-state index >= 15 is 0 Å². The van der Waals surface area contributed by atoms with Crippen molar-refractivity contribution in [1.82, 2.24) is 15.2 Å². The van der Waals surface area contributed by atoms with Crippen molar-refractivity contribution < 1.29 is 0 Å². The van der Waals surface area contributed by atoms with E-state index in [0.29, 0.717) is 5.82 Å². The van der Waals surface area contributed by atoms with Crippen LogP contribution in [0.5, 0.6) is 0 Å². The molecule has 1 rings (SSSR count). The third-order valence-corrected chi connectivity index (χ3v) is 1.74. The second-order valence-corrected chi connectivity index (χ2v) is 4.06. The smallest absolute Gasteiger partial charge is 0.152 e. The molecule has 72 valence electrons. The second kappa shape index (κ2) is 3.28. The number of aryl methyl sites for hydroxylation is 1. The molecule has 0 unspecified atom stereocenters. The molecule has 0 aliphatic carbocycles.